The number of rotatable bonds is 6. The molecule has 8 nitrogen and oxygen atoms in total. The molecule has 3 heterocycles. The largest absolute Gasteiger partial charge is 0.360 e. The molecule has 1 aliphatic rings. The zero-order chi connectivity index (χ0) is 17.8. The maximum absolute atomic E-state index is 12.0. The normalized spacial score (nSPS) is 19.2. The number of anilines is 1. The fourth-order valence-electron chi connectivity index (χ4n) is 3.13. The fourth-order valence-corrected chi connectivity index (χ4v) is 3.13. The molecule has 0 radical (unpaired) electrons. The van der Waals surface area contributed by atoms with Crippen molar-refractivity contribution in [2.75, 3.05) is 31.5 Å². The van der Waals surface area contributed by atoms with Crippen LogP contribution in [0.5, 0.6) is 0 Å². The van der Waals surface area contributed by atoms with Gasteiger partial charge in [-0.15, -0.1) is 0 Å². The van der Waals surface area contributed by atoms with E-state index in [0.717, 1.165) is 38.5 Å². The monoisotopic (exact) mass is 346 g/mol. The first kappa shape index (κ1) is 17.6. The zero-order valence-electron chi connectivity index (χ0n) is 15.1. The van der Waals surface area contributed by atoms with Crippen LogP contribution in [0.1, 0.15) is 24.9 Å². The molecule has 136 valence electrons. The van der Waals surface area contributed by atoms with Crippen LogP contribution in [0.3, 0.4) is 0 Å². The van der Waals surface area contributed by atoms with Crippen LogP contribution >= 0.6 is 0 Å². The standard InChI is InChI=1S/C17H26N6O2/c1-13-11-22(6-4-17(24)19-15-10-14(2)25-20-15)8-9-23(13)12-16-18-5-7-21(16)3/h5,7,10,13H,4,6,8-9,11-12H2,1-3H3,(H,19,20,24)/t13-/m1/s1. The molecule has 0 saturated carbocycles. The SMILES string of the molecule is Cc1cc(NC(=O)CCN2CCN(Cc3nccn3C)[C@H](C)C2)no1. The van der Waals surface area contributed by atoms with Crippen molar-refractivity contribution < 1.29 is 9.32 Å². The molecule has 1 fully saturated rings. The summed E-state index contributed by atoms with van der Waals surface area (Å²) in [6, 6.07) is 2.16. The van der Waals surface area contributed by atoms with Gasteiger partial charge in [-0.1, -0.05) is 5.16 Å². The molecule has 1 N–H and O–H groups in total. The van der Waals surface area contributed by atoms with Crippen LogP contribution in [0, 0.1) is 6.92 Å². The van der Waals surface area contributed by atoms with E-state index in [1.807, 2.05) is 19.4 Å². The lowest BCUT2D eigenvalue weighted by atomic mass is 10.2. The van der Waals surface area contributed by atoms with Gasteiger partial charge in [0, 0.05) is 64.1 Å². The van der Waals surface area contributed by atoms with Crippen LogP contribution in [-0.2, 0) is 18.4 Å². The third kappa shape index (κ3) is 4.67. The molecule has 2 aromatic rings. The molecule has 1 amide bonds. The lowest BCUT2D eigenvalue weighted by Crippen LogP contribution is -2.52. The van der Waals surface area contributed by atoms with Gasteiger partial charge in [-0.25, -0.2) is 4.98 Å². The van der Waals surface area contributed by atoms with Crippen molar-refractivity contribution in [3.05, 3.63) is 30.0 Å². The van der Waals surface area contributed by atoms with E-state index < -0.39 is 0 Å². The Morgan fingerprint density at radius 1 is 1.44 bits per heavy atom. The van der Waals surface area contributed by atoms with Gasteiger partial charge in [0.1, 0.15) is 11.6 Å². The van der Waals surface area contributed by atoms with Gasteiger partial charge in [-0.2, -0.15) is 0 Å². The van der Waals surface area contributed by atoms with E-state index in [0.29, 0.717) is 24.0 Å². The maximum Gasteiger partial charge on any atom is 0.226 e. The van der Waals surface area contributed by atoms with E-state index in [9.17, 15) is 4.79 Å². The topological polar surface area (TPSA) is 79.4 Å². The Kier molecular flexibility index (Phi) is 5.50. The molecule has 0 bridgehead atoms. The lowest BCUT2D eigenvalue weighted by Gasteiger charge is -2.39. The average Bonchev–Trinajstić information content (AvgIpc) is 3.16. The zero-order valence-corrected chi connectivity index (χ0v) is 15.1. The van der Waals surface area contributed by atoms with E-state index in [4.69, 9.17) is 4.52 Å². The first-order valence-electron chi connectivity index (χ1n) is 8.67. The summed E-state index contributed by atoms with van der Waals surface area (Å²) >= 11 is 0. The van der Waals surface area contributed by atoms with Gasteiger partial charge in [0.25, 0.3) is 0 Å². The van der Waals surface area contributed by atoms with Crippen molar-refractivity contribution >= 4 is 11.7 Å². The Hall–Kier alpha value is -2.19. The first-order valence-corrected chi connectivity index (χ1v) is 8.67. The number of hydrogen-bond donors (Lipinski definition) is 1. The van der Waals surface area contributed by atoms with Crippen LogP contribution < -0.4 is 5.32 Å². The van der Waals surface area contributed by atoms with Crippen molar-refractivity contribution in [3.8, 4) is 0 Å². The quantitative estimate of drug-likeness (QED) is 0.848. The summed E-state index contributed by atoms with van der Waals surface area (Å²) in [5.41, 5.74) is 0. The van der Waals surface area contributed by atoms with Crippen molar-refractivity contribution in [1.29, 1.82) is 0 Å². The molecule has 8 heteroatoms. The number of aromatic nitrogens is 3. The molecule has 1 aliphatic heterocycles. The van der Waals surface area contributed by atoms with Crippen molar-refractivity contribution in [2.45, 2.75) is 32.9 Å². The molecule has 0 unspecified atom stereocenters. The van der Waals surface area contributed by atoms with Gasteiger partial charge >= 0.3 is 0 Å². The van der Waals surface area contributed by atoms with E-state index in [2.05, 4.69) is 36.7 Å². The maximum atomic E-state index is 12.0. The van der Waals surface area contributed by atoms with E-state index in [-0.39, 0.29) is 5.91 Å². The summed E-state index contributed by atoms with van der Waals surface area (Å²) in [4.78, 5) is 21.2. The second-order valence-corrected chi connectivity index (χ2v) is 6.70. The molecule has 25 heavy (non-hydrogen) atoms. The highest BCUT2D eigenvalue weighted by atomic mass is 16.5. The summed E-state index contributed by atoms with van der Waals surface area (Å²) in [5, 5.41) is 6.55. The predicted molar refractivity (Wildman–Crippen MR) is 94.0 cm³/mol. The summed E-state index contributed by atoms with van der Waals surface area (Å²) in [6.45, 7) is 8.56. The lowest BCUT2D eigenvalue weighted by molar-refractivity contribution is -0.116. The minimum atomic E-state index is -0.0311. The Balaban J connectivity index is 1.42. The smallest absolute Gasteiger partial charge is 0.226 e. The number of amides is 1. The van der Waals surface area contributed by atoms with Crippen molar-refractivity contribution in [3.63, 3.8) is 0 Å². The minimum Gasteiger partial charge on any atom is -0.360 e. The van der Waals surface area contributed by atoms with Crippen LogP contribution in [0.2, 0.25) is 0 Å². The van der Waals surface area contributed by atoms with Gasteiger partial charge in [0.05, 0.1) is 6.54 Å². The number of nitrogens with one attached hydrogen (secondary N) is 1. The Morgan fingerprint density at radius 2 is 2.28 bits per heavy atom. The van der Waals surface area contributed by atoms with Gasteiger partial charge in [-0.3, -0.25) is 9.69 Å². The van der Waals surface area contributed by atoms with Crippen LogP contribution in [0.4, 0.5) is 5.82 Å². The third-order valence-corrected chi connectivity index (χ3v) is 4.67. The number of carbonyl (C=O) groups is 1. The number of imidazole rings is 1. The summed E-state index contributed by atoms with van der Waals surface area (Å²) in [5.74, 6) is 2.22. The van der Waals surface area contributed by atoms with Gasteiger partial charge in [0.15, 0.2) is 5.82 Å². The summed E-state index contributed by atoms with van der Waals surface area (Å²) < 4.78 is 7.01. The number of aryl methyl sites for hydroxylation is 2. The molecule has 1 atom stereocenters. The summed E-state index contributed by atoms with van der Waals surface area (Å²) in [6.07, 6.45) is 4.27. The highest BCUT2D eigenvalue weighted by Crippen LogP contribution is 2.13. The van der Waals surface area contributed by atoms with Crippen molar-refractivity contribution in [2.24, 2.45) is 7.05 Å². The van der Waals surface area contributed by atoms with Gasteiger partial charge in [-0.05, 0) is 13.8 Å². The second kappa shape index (κ2) is 7.79. The molecule has 1 saturated heterocycles. The number of piperazine rings is 1. The predicted octanol–water partition coefficient (Wildman–Crippen LogP) is 1.25. The molecule has 0 spiro atoms. The van der Waals surface area contributed by atoms with Crippen LogP contribution in [0.25, 0.3) is 0 Å². The Morgan fingerprint density at radius 3 is 2.92 bits per heavy atom. The Labute approximate surface area is 147 Å². The molecule has 0 aromatic carbocycles. The first-order chi connectivity index (χ1) is 12.0. The highest BCUT2D eigenvalue weighted by Gasteiger charge is 2.24. The highest BCUT2D eigenvalue weighted by molar-refractivity contribution is 5.89. The van der Waals surface area contributed by atoms with Crippen LogP contribution in [0.15, 0.2) is 23.0 Å². The number of nitrogens with zero attached hydrogens (tertiary/aromatic N) is 5. The summed E-state index contributed by atoms with van der Waals surface area (Å²) in [7, 11) is 2.03. The molecule has 2 aromatic heterocycles. The molecular weight excluding hydrogens is 320 g/mol. The third-order valence-electron chi connectivity index (χ3n) is 4.67. The van der Waals surface area contributed by atoms with E-state index in [1.165, 1.54) is 0 Å². The molecular formula is C17H26N6O2. The minimum absolute atomic E-state index is 0.0311. The second-order valence-electron chi connectivity index (χ2n) is 6.70. The molecule has 0 aliphatic carbocycles. The van der Waals surface area contributed by atoms with E-state index >= 15 is 0 Å². The number of carbonyl (C=O) groups excluding carboxylic acids is 1. The fraction of sp³-hybridized carbons (Fsp3) is 0.588. The number of hydrogen-bond acceptors (Lipinski definition) is 6. The molecule has 3 rings (SSSR count). The van der Waals surface area contributed by atoms with E-state index in [1.54, 1.807) is 13.0 Å². The van der Waals surface area contributed by atoms with Gasteiger partial charge < -0.3 is 19.3 Å². The van der Waals surface area contributed by atoms with Gasteiger partial charge in [0.2, 0.25) is 5.91 Å². The van der Waals surface area contributed by atoms with Crippen molar-refractivity contribution in [1.82, 2.24) is 24.5 Å². The van der Waals surface area contributed by atoms with Crippen LogP contribution in [-0.4, -0.2) is 62.6 Å². The Bertz CT molecular complexity index is 710. The average molecular weight is 346 g/mol.